The molecule has 0 radical (unpaired) electrons. The van der Waals surface area contributed by atoms with Crippen molar-refractivity contribution in [2.24, 2.45) is 0 Å². The molecule has 1 unspecified atom stereocenters. The zero-order valence-electron chi connectivity index (χ0n) is 18.7. The van der Waals surface area contributed by atoms with Crippen LogP contribution in [0.1, 0.15) is 41.7 Å². The molecule has 7 nitrogen and oxygen atoms in total. The fourth-order valence-corrected chi connectivity index (χ4v) is 4.70. The van der Waals surface area contributed by atoms with Crippen molar-refractivity contribution in [1.29, 1.82) is 0 Å². The van der Waals surface area contributed by atoms with Crippen LogP contribution < -0.4 is 14.9 Å². The number of amides is 1. The smallest absolute Gasteiger partial charge is 0.255 e. The number of rotatable bonds is 7. The quantitative estimate of drug-likeness (QED) is 0.341. The summed E-state index contributed by atoms with van der Waals surface area (Å²) in [4.78, 5) is 19.8. The SMILES string of the molecule is CCSNc1ccc(C(=O)Nc2cnn3ccc(N4CCCC4c4cccc(F)c4)nc23)cc1. The van der Waals surface area contributed by atoms with Crippen molar-refractivity contribution in [2.45, 2.75) is 25.8 Å². The van der Waals surface area contributed by atoms with E-state index in [1.165, 1.54) is 6.07 Å². The van der Waals surface area contributed by atoms with Crippen molar-refractivity contribution >= 4 is 40.7 Å². The molecule has 2 aromatic heterocycles. The maximum absolute atomic E-state index is 13.8. The molecule has 0 saturated carbocycles. The Labute approximate surface area is 201 Å². The molecule has 4 aromatic rings. The minimum absolute atomic E-state index is 0.0598. The van der Waals surface area contributed by atoms with Crippen LogP contribution in [0.5, 0.6) is 0 Å². The molecule has 174 valence electrons. The normalized spacial score (nSPS) is 15.6. The molecule has 1 amide bonds. The van der Waals surface area contributed by atoms with Gasteiger partial charge in [0.1, 0.15) is 17.3 Å². The number of anilines is 3. The topological polar surface area (TPSA) is 74.6 Å². The Morgan fingerprint density at radius 1 is 1.21 bits per heavy atom. The van der Waals surface area contributed by atoms with E-state index in [9.17, 15) is 9.18 Å². The maximum atomic E-state index is 13.8. The summed E-state index contributed by atoms with van der Waals surface area (Å²) in [6.07, 6.45) is 5.37. The van der Waals surface area contributed by atoms with Gasteiger partial charge in [0.2, 0.25) is 0 Å². The lowest BCUT2D eigenvalue weighted by molar-refractivity contribution is 0.102. The predicted octanol–water partition coefficient (Wildman–Crippen LogP) is 5.54. The second-order valence-corrected chi connectivity index (χ2v) is 9.16. The summed E-state index contributed by atoms with van der Waals surface area (Å²) in [5.74, 6) is 1.27. The van der Waals surface area contributed by atoms with E-state index in [1.54, 1.807) is 46.9 Å². The van der Waals surface area contributed by atoms with Crippen LogP contribution in [0.3, 0.4) is 0 Å². The van der Waals surface area contributed by atoms with Gasteiger partial charge in [0.25, 0.3) is 5.91 Å². The molecule has 34 heavy (non-hydrogen) atoms. The van der Waals surface area contributed by atoms with Gasteiger partial charge < -0.3 is 14.9 Å². The number of nitrogens with zero attached hydrogens (tertiary/aromatic N) is 4. The van der Waals surface area contributed by atoms with E-state index in [0.29, 0.717) is 16.9 Å². The van der Waals surface area contributed by atoms with Crippen molar-refractivity contribution < 1.29 is 9.18 Å². The van der Waals surface area contributed by atoms with Crippen LogP contribution in [0.25, 0.3) is 5.65 Å². The molecule has 9 heteroatoms. The summed E-state index contributed by atoms with van der Waals surface area (Å²) in [5.41, 5.74) is 3.54. The van der Waals surface area contributed by atoms with Crippen molar-refractivity contribution in [3.63, 3.8) is 0 Å². The van der Waals surface area contributed by atoms with Gasteiger partial charge in [0.05, 0.1) is 12.2 Å². The number of hydrogen-bond donors (Lipinski definition) is 2. The molecular weight excluding hydrogens is 451 g/mol. The van der Waals surface area contributed by atoms with E-state index < -0.39 is 0 Å². The molecule has 2 aromatic carbocycles. The number of hydrogen-bond acceptors (Lipinski definition) is 6. The number of aromatic nitrogens is 3. The zero-order chi connectivity index (χ0) is 23.5. The average Bonchev–Trinajstić information content (AvgIpc) is 3.50. The summed E-state index contributed by atoms with van der Waals surface area (Å²) in [6, 6.07) is 16.0. The van der Waals surface area contributed by atoms with Gasteiger partial charge in [-0.2, -0.15) is 5.10 Å². The fraction of sp³-hybridized carbons (Fsp3) is 0.240. The van der Waals surface area contributed by atoms with Gasteiger partial charge in [-0.05, 0) is 60.9 Å². The third-order valence-electron chi connectivity index (χ3n) is 5.86. The molecule has 3 heterocycles. The summed E-state index contributed by atoms with van der Waals surface area (Å²) in [6.45, 7) is 2.90. The minimum atomic E-state index is -0.235. The first kappa shape index (κ1) is 22.2. The van der Waals surface area contributed by atoms with Crippen LogP contribution >= 0.6 is 11.9 Å². The Morgan fingerprint density at radius 2 is 2.06 bits per heavy atom. The third-order valence-corrected chi connectivity index (χ3v) is 6.53. The second kappa shape index (κ2) is 9.72. The van der Waals surface area contributed by atoms with Crippen LogP contribution in [0, 0.1) is 5.82 Å². The number of nitrogens with one attached hydrogen (secondary N) is 2. The summed E-state index contributed by atoms with van der Waals surface area (Å²) in [7, 11) is 0. The van der Waals surface area contributed by atoms with E-state index in [0.717, 1.165) is 42.2 Å². The highest BCUT2D eigenvalue weighted by molar-refractivity contribution is 8.00. The van der Waals surface area contributed by atoms with E-state index >= 15 is 0 Å². The van der Waals surface area contributed by atoms with Gasteiger partial charge in [0, 0.05) is 29.7 Å². The van der Waals surface area contributed by atoms with Crippen LogP contribution in [0.15, 0.2) is 67.0 Å². The number of carbonyl (C=O) groups excluding carboxylic acids is 1. The van der Waals surface area contributed by atoms with Crippen LogP contribution in [-0.2, 0) is 0 Å². The Kier molecular flexibility index (Phi) is 6.35. The molecule has 1 aliphatic rings. The lowest BCUT2D eigenvalue weighted by atomic mass is 10.0. The molecule has 0 aliphatic carbocycles. The Balaban J connectivity index is 1.37. The van der Waals surface area contributed by atoms with Gasteiger partial charge in [-0.25, -0.2) is 13.9 Å². The molecule has 5 rings (SSSR count). The monoisotopic (exact) mass is 476 g/mol. The summed E-state index contributed by atoms with van der Waals surface area (Å²) >= 11 is 1.60. The van der Waals surface area contributed by atoms with Gasteiger partial charge in [-0.3, -0.25) is 4.79 Å². The lowest BCUT2D eigenvalue weighted by Crippen LogP contribution is -2.24. The van der Waals surface area contributed by atoms with Gasteiger partial charge in [-0.1, -0.05) is 31.0 Å². The van der Waals surface area contributed by atoms with E-state index in [1.807, 2.05) is 30.5 Å². The van der Waals surface area contributed by atoms with Crippen LogP contribution in [-0.4, -0.2) is 32.8 Å². The molecule has 0 spiro atoms. The van der Waals surface area contributed by atoms with Crippen molar-refractivity contribution in [2.75, 3.05) is 27.2 Å². The largest absolute Gasteiger partial charge is 0.349 e. The average molecular weight is 477 g/mol. The fourth-order valence-electron chi connectivity index (χ4n) is 4.25. The van der Waals surface area contributed by atoms with E-state index in [-0.39, 0.29) is 17.8 Å². The third kappa shape index (κ3) is 4.56. The summed E-state index contributed by atoms with van der Waals surface area (Å²) in [5, 5.41) is 7.26. The lowest BCUT2D eigenvalue weighted by Gasteiger charge is -2.26. The first-order valence-electron chi connectivity index (χ1n) is 11.3. The Bertz CT molecular complexity index is 1310. The Morgan fingerprint density at radius 3 is 2.85 bits per heavy atom. The van der Waals surface area contributed by atoms with E-state index in [4.69, 9.17) is 4.98 Å². The number of benzene rings is 2. The highest BCUT2D eigenvalue weighted by Crippen LogP contribution is 2.36. The number of fused-ring (bicyclic) bond motifs is 1. The van der Waals surface area contributed by atoms with Gasteiger partial charge >= 0.3 is 0 Å². The van der Waals surface area contributed by atoms with Gasteiger partial charge in [0.15, 0.2) is 5.65 Å². The second-order valence-electron chi connectivity index (χ2n) is 8.09. The predicted molar refractivity (Wildman–Crippen MR) is 135 cm³/mol. The van der Waals surface area contributed by atoms with Gasteiger partial charge in [-0.15, -0.1) is 0 Å². The van der Waals surface area contributed by atoms with Crippen LogP contribution in [0.2, 0.25) is 0 Å². The highest BCUT2D eigenvalue weighted by Gasteiger charge is 2.28. The standard InChI is InChI=1S/C25H25FN6OS/c1-2-34-30-20-10-8-17(9-11-20)25(33)28-21-16-27-32-14-12-23(29-24(21)32)31-13-4-7-22(31)18-5-3-6-19(26)15-18/h3,5-6,8-12,14-16,22,30H,2,4,7,13H2,1H3,(H,28,33). The van der Waals surface area contributed by atoms with Crippen molar-refractivity contribution in [1.82, 2.24) is 14.6 Å². The molecule has 0 bridgehead atoms. The van der Waals surface area contributed by atoms with Crippen molar-refractivity contribution in [3.05, 3.63) is 83.9 Å². The number of carbonyl (C=O) groups is 1. The maximum Gasteiger partial charge on any atom is 0.255 e. The Hall–Kier alpha value is -3.59. The zero-order valence-corrected chi connectivity index (χ0v) is 19.6. The van der Waals surface area contributed by atoms with Crippen LogP contribution in [0.4, 0.5) is 21.6 Å². The highest BCUT2D eigenvalue weighted by atomic mass is 32.2. The molecule has 2 N–H and O–H groups in total. The molecular formula is C25H25FN6OS. The first-order chi connectivity index (χ1) is 16.6. The summed E-state index contributed by atoms with van der Waals surface area (Å²) < 4.78 is 18.7. The first-order valence-corrected chi connectivity index (χ1v) is 12.3. The molecule has 1 atom stereocenters. The minimum Gasteiger partial charge on any atom is -0.349 e. The molecule has 1 saturated heterocycles. The molecule has 1 fully saturated rings. The van der Waals surface area contributed by atoms with E-state index in [2.05, 4.69) is 27.0 Å². The van der Waals surface area contributed by atoms with Crippen molar-refractivity contribution in [3.8, 4) is 0 Å². The molecule has 1 aliphatic heterocycles. The number of halogens is 1.